The summed E-state index contributed by atoms with van der Waals surface area (Å²) in [7, 11) is 0. The number of likely N-dealkylation sites (tertiary alicyclic amines) is 1. The number of piperidine rings is 1. The molecule has 0 spiro atoms. The van der Waals surface area contributed by atoms with Gasteiger partial charge < -0.3 is 10.2 Å². The van der Waals surface area contributed by atoms with Gasteiger partial charge in [-0.2, -0.15) is 0 Å². The van der Waals surface area contributed by atoms with Crippen molar-refractivity contribution in [1.82, 2.24) is 9.88 Å². The maximum atomic E-state index is 4.12. The van der Waals surface area contributed by atoms with Gasteiger partial charge in [-0.1, -0.05) is 6.92 Å². The van der Waals surface area contributed by atoms with Crippen LogP contribution in [0.5, 0.6) is 0 Å². The van der Waals surface area contributed by atoms with Gasteiger partial charge in [0.15, 0.2) is 0 Å². The monoisotopic (exact) mass is 219 g/mol. The third kappa shape index (κ3) is 2.73. The lowest BCUT2D eigenvalue weighted by atomic mass is 10.0. The van der Waals surface area contributed by atoms with E-state index in [1.165, 1.54) is 43.7 Å². The van der Waals surface area contributed by atoms with E-state index in [4.69, 9.17) is 0 Å². The molecule has 1 aliphatic heterocycles. The molecule has 2 heterocycles. The molecule has 1 fully saturated rings. The van der Waals surface area contributed by atoms with Crippen LogP contribution in [0.4, 0.5) is 5.69 Å². The Hall–Kier alpha value is -1.09. The molecule has 0 unspecified atom stereocenters. The van der Waals surface area contributed by atoms with E-state index in [9.17, 15) is 0 Å². The second-order valence-electron chi connectivity index (χ2n) is 4.54. The number of hydrogen-bond acceptors (Lipinski definition) is 3. The quantitative estimate of drug-likeness (QED) is 0.845. The summed E-state index contributed by atoms with van der Waals surface area (Å²) in [6.07, 6.45) is 6.27. The maximum Gasteiger partial charge on any atom is 0.0402 e. The molecule has 0 radical (unpaired) electrons. The van der Waals surface area contributed by atoms with Crippen molar-refractivity contribution in [3.8, 4) is 0 Å². The Labute approximate surface area is 97.9 Å². The minimum atomic E-state index is 0.629. The Morgan fingerprint density at radius 3 is 2.81 bits per heavy atom. The van der Waals surface area contributed by atoms with E-state index < -0.39 is 0 Å². The number of anilines is 1. The van der Waals surface area contributed by atoms with Crippen LogP contribution in [-0.4, -0.2) is 35.6 Å². The fourth-order valence-corrected chi connectivity index (χ4v) is 2.25. The van der Waals surface area contributed by atoms with Crippen LogP contribution in [0.15, 0.2) is 18.5 Å². The third-order valence-electron chi connectivity index (χ3n) is 3.41. The van der Waals surface area contributed by atoms with Crippen LogP contribution in [-0.2, 0) is 0 Å². The van der Waals surface area contributed by atoms with Gasteiger partial charge in [0.25, 0.3) is 0 Å². The zero-order valence-corrected chi connectivity index (χ0v) is 10.2. The van der Waals surface area contributed by atoms with Crippen molar-refractivity contribution >= 4 is 5.69 Å². The number of pyridine rings is 1. The molecular weight excluding hydrogens is 198 g/mol. The second-order valence-corrected chi connectivity index (χ2v) is 4.54. The van der Waals surface area contributed by atoms with Crippen molar-refractivity contribution in [1.29, 1.82) is 0 Å². The molecule has 0 aromatic carbocycles. The minimum Gasteiger partial charge on any atom is -0.382 e. The van der Waals surface area contributed by atoms with Crippen molar-refractivity contribution < 1.29 is 0 Å². The Morgan fingerprint density at radius 2 is 2.19 bits per heavy atom. The van der Waals surface area contributed by atoms with E-state index in [0.717, 1.165) is 0 Å². The van der Waals surface area contributed by atoms with Gasteiger partial charge in [-0.05, 0) is 37.9 Å². The van der Waals surface area contributed by atoms with Crippen molar-refractivity contribution in [3.63, 3.8) is 0 Å². The molecule has 0 amide bonds. The third-order valence-corrected chi connectivity index (χ3v) is 3.41. The van der Waals surface area contributed by atoms with Crippen molar-refractivity contribution in [2.24, 2.45) is 0 Å². The van der Waals surface area contributed by atoms with Crippen LogP contribution in [0, 0.1) is 6.92 Å². The molecule has 0 atom stereocenters. The maximum absolute atomic E-state index is 4.12. The normalized spacial score (nSPS) is 18.6. The van der Waals surface area contributed by atoms with Crippen LogP contribution in [0.3, 0.4) is 0 Å². The lowest BCUT2D eigenvalue weighted by Gasteiger charge is -2.32. The highest BCUT2D eigenvalue weighted by Gasteiger charge is 2.17. The van der Waals surface area contributed by atoms with Gasteiger partial charge in [0.1, 0.15) is 0 Å². The highest BCUT2D eigenvalue weighted by atomic mass is 15.1. The van der Waals surface area contributed by atoms with Crippen LogP contribution in [0.1, 0.15) is 25.3 Å². The molecule has 3 nitrogen and oxygen atoms in total. The zero-order valence-electron chi connectivity index (χ0n) is 10.2. The first-order valence-corrected chi connectivity index (χ1v) is 6.19. The van der Waals surface area contributed by atoms with Crippen LogP contribution in [0.2, 0.25) is 0 Å². The largest absolute Gasteiger partial charge is 0.382 e. The lowest BCUT2D eigenvalue weighted by molar-refractivity contribution is 0.229. The topological polar surface area (TPSA) is 28.2 Å². The standard InChI is InChI=1S/C13H21N3/c1-3-16-8-5-12(6-9-16)15-13-4-7-14-10-11(13)2/h4,7,10,12H,3,5-6,8-9H2,1-2H3,(H,14,15). The Balaban J connectivity index is 1.89. The average Bonchev–Trinajstić information content (AvgIpc) is 2.33. The zero-order chi connectivity index (χ0) is 11.4. The van der Waals surface area contributed by atoms with Crippen molar-refractivity contribution in [2.75, 3.05) is 25.0 Å². The molecule has 1 N–H and O–H groups in total. The van der Waals surface area contributed by atoms with Gasteiger partial charge in [-0.15, -0.1) is 0 Å². The number of aromatic nitrogens is 1. The summed E-state index contributed by atoms with van der Waals surface area (Å²) in [6.45, 7) is 7.97. The van der Waals surface area contributed by atoms with Gasteiger partial charge in [-0.3, -0.25) is 4.98 Å². The van der Waals surface area contributed by atoms with Gasteiger partial charge in [0.05, 0.1) is 0 Å². The Kier molecular flexibility index (Phi) is 3.78. The van der Waals surface area contributed by atoms with Crippen molar-refractivity contribution in [2.45, 2.75) is 32.7 Å². The number of nitrogens with zero attached hydrogens (tertiary/aromatic N) is 2. The average molecular weight is 219 g/mol. The van der Waals surface area contributed by atoms with E-state index in [0.29, 0.717) is 6.04 Å². The molecule has 3 heteroatoms. The SMILES string of the molecule is CCN1CCC(Nc2ccncc2C)CC1. The number of aryl methyl sites for hydroxylation is 1. The highest BCUT2D eigenvalue weighted by Crippen LogP contribution is 2.18. The Morgan fingerprint density at radius 1 is 1.44 bits per heavy atom. The summed E-state index contributed by atoms with van der Waals surface area (Å²) >= 11 is 0. The molecular formula is C13H21N3. The molecule has 0 aliphatic carbocycles. The molecule has 1 aromatic rings. The number of nitrogens with one attached hydrogen (secondary N) is 1. The number of rotatable bonds is 3. The van der Waals surface area contributed by atoms with E-state index >= 15 is 0 Å². The first-order valence-electron chi connectivity index (χ1n) is 6.19. The van der Waals surface area contributed by atoms with Crippen LogP contribution >= 0.6 is 0 Å². The van der Waals surface area contributed by atoms with Gasteiger partial charge in [-0.25, -0.2) is 0 Å². The van der Waals surface area contributed by atoms with Gasteiger partial charge in [0.2, 0.25) is 0 Å². The summed E-state index contributed by atoms with van der Waals surface area (Å²) in [4.78, 5) is 6.63. The molecule has 88 valence electrons. The fraction of sp³-hybridized carbons (Fsp3) is 0.615. The van der Waals surface area contributed by atoms with Crippen molar-refractivity contribution in [3.05, 3.63) is 24.0 Å². The highest BCUT2D eigenvalue weighted by molar-refractivity contribution is 5.49. The first kappa shape index (κ1) is 11.4. The van der Waals surface area contributed by atoms with Gasteiger partial charge in [0, 0.05) is 37.2 Å². The summed E-state index contributed by atoms with van der Waals surface area (Å²) in [5, 5.41) is 3.63. The molecule has 1 aromatic heterocycles. The molecule has 16 heavy (non-hydrogen) atoms. The first-order chi connectivity index (χ1) is 7.79. The van der Waals surface area contributed by atoms with E-state index in [1.807, 2.05) is 12.4 Å². The molecule has 1 aliphatic rings. The fourth-order valence-electron chi connectivity index (χ4n) is 2.25. The van der Waals surface area contributed by atoms with E-state index in [-0.39, 0.29) is 0 Å². The van der Waals surface area contributed by atoms with Crippen LogP contribution in [0.25, 0.3) is 0 Å². The summed E-state index contributed by atoms with van der Waals surface area (Å²) in [5.41, 5.74) is 2.48. The minimum absolute atomic E-state index is 0.629. The number of hydrogen-bond donors (Lipinski definition) is 1. The lowest BCUT2D eigenvalue weighted by Crippen LogP contribution is -2.38. The van der Waals surface area contributed by atoms with E-state index in [1.54, 1.807) is 0 Å². The summed E-state index contributed by atoms with van der Waals surface area (Å²) in [5.74, 6) is 0. The summed E-state index contributed by atoms with van der Waals surface area (Å²) < 4.78 is 0. The predicted molar refractivity (Wildman–Crippen MR) is 67.7 cm³/mol. The molecule has 0 saturated carbocycles. The molecule has 0 bridgehead atoms. The molecule has 2 rings (SSSR count). The summed E-state index contributed by atoms with van der Waals surface area (Å²) in [6, 6.07) is 2.70. The smallest absolute Gasteiger partial charge is 0.0402 e. The van der Waals surface area contributed by atoms with Crippen LogP contribution < -0.4 is 5.32 Å². The Bertz CT molecular complexity index is 330. The predicted octanol–water partition coefficient (Wildman–Crippen LogP) is 2.29. The van der Waals surface area contributed by atoms with E-state index in [2.05, 4.69) is 35.1 Å². The van der Waals surface area contributed by atoms with Gasteiger partial charge >= 0.3 is 0 Å². The molecule has 1 saturated heterocycles. The second kappa shape index (κ2) is 5.30.